The number of ether oxygens (including phenoxy) is 2. The number of fused-ring (bicyclic) bond motifs is 4. The maximum atomic E-state index is 8.84. The van der Waals surface area contributed by atoms with Gasteiger partial charge in [0.1, 0.15) is 0 Å². The van der Waals surface area contributed by atoms with Gasteiger partial charge in [-0.2, -0.15) is 0 Å². The van der Waals surface area contributed by atoms with Crippen LogP contribution in [0.25, 0.3) is 64.6 Å². The molecule has 0 aromatic heterocycles. The molecule has 6 heterocycles. The molecule has 26 heteroatoms. The summed E-state index contributed by atoms with van der Waals surface area (Å²) in [4.78, 5) is 0. The fraction of sp³-hybridized carbons (Fsp3) is 0.111. The molecule has 16 aromatic carbocycles. The number of hydrogen-bond donors (Lipinski definition) is 0. The first-order valence-corrected chi connectivity index (χ1v) is 58.4. The zero-order valence-electron chi connectivity index (χ0n) is 63.7. The van der Waals surface area contributed by atoms with Crippen LogP contribution >= 0.6 is 0 Å². The molecule has 0 N–H and O–H groups in total. The van der Waals surface area contributed by atoms with Crippen molar-refractivity contribution in [1.29, 1.82) is 0 Å². The molecule has 16 nitrogen and oxygen atoms in total. The van der Waals surface area contributed by atoms with Crippen molar-refractivity contribution in [2.24, 2.45) is 0 Å². The summed E-state index contributed by atoms with van der Waals surface area (Å²) in [5.41, 5.74) is 2.16. The van der Waals surface area contributed by atoms with E-state index in [2.05, 4.69) is 122 Å². The van der Waals surface area contributed by atoms with Crippen molar-refractivity contribution in [2.45, 2.75) is 51.2 Å². The van der Waals surface area contributed by atoms with E-state index in [0.717, 1.165) is 21.9 Å². The molecule has 0 saturated carbocycles. The average Bonchev–Trinajstić information content (AvgIpc) is 0.675. The third-order valence-electron chi connectivity index (χ3n) is 22.7. The lowest BCUT2D eigenvalue weighted by Crippen LogP contribution is -2.93. The normalized spacial score (nSPS) is 27.9. The van der Waals surface area contributed by atoms with E-state index in [0.29, 0.717) is 80.8 Å². The third kappa shape index (κ3) is 13.1. The van der Waals surface area contributed by atoms with Crippen molar-refractivity contribution >= 4 is 194 Å². The summed E-state index contributed by atoms with van der Waals surface area (Å²) < 4.78 is 137. The lowest BCUT2D eigenvalue weighted by Gasteiger charge is -2.61. The van der Waals surface area contributed by atoms with Crippen molar-refractivity contribution in [1.82, 2.24) is 0 Å². The Morgan fingerprint density at radius 1 is 0.198 bits per heavy atom. The Kier molecular flexibility index (Phi) is 19.0. The van der Waals surface area contributed by atoms with Crippen molar-refractivity contribution < 1.29 is 67.1 Å². The maximum absolute atomic E-state index is 8.84. The van der Waals surface area contributed by atoms with Gasteiger partial charge in [-0.15, -0.1) is 0 Å². The molecule has 0 unspecified atom stereocenters. The highest BCUT2D eigenvalue weighted by Crippen LogP contribution is 2.49. The van der Waals surface area contributed by atoms with Gasteiger partial charge in [-0.1, -0.05) is 352 Å². The largest absolute Gasteiger partial charge is 0.515 e. The van der Waals surface area contributed by atoms with Crippen molar-refractivity contribution in [3.8, 4) is 0 Å². The molecule has 8 bridgehead atoms. The molecule has 0 aliphatic carbocycles. The highest BCUT2D eigenvalue weighted by Gasteiger charge is 2.83. The molecular weight excluding hydrogens is 1620 g/mol. The van der Waals surface area contributed by atoms with Crippen molar-refractivity contribution in [3.05, 3.63) is 363 Å². The van der Waals surface area contributed by atoms with E-state index in [1.165, 1.54) is 53.9 Å². The van der Waals surface area contributed by atoms with Crippen molar-refractivity contribution in [3.63, 3.8) is 0 Å². The Bertz CT molecular complexity index is 5600. The van der Waals surface area contributed by atoms with Crippen LogP contribution < -0.4 is 41.5 Å². The summed E-state index contributed by atoms with van der Waals surface area (Å²) in [6.45, 7) is 5.40. The van der Waals surface area contributed by atoms with Crippen LogP contribution in [0.3, 0.4) is 0 Å². The van der Waals surface area contributed by atoms with Gasteiger partial charge >= 0.3 is 87.6 Å². The Morgan fingerprint density at radius 3 is 0.629 bits per heavy atom. The lowest BCUT2D eigenvalue weighted by molar-refractivity contribution is 0.0246. The summed E-state index contributed by atoms with van der Waals surface area (Å²) in [7, 11) is -50.7. The molecule has 0 radical (unpaired) electrons. The molecule has 22 rings (SSSR count). The summed E-state index contributed by atoms with van der Waals surface area (Å²) in [5, 5.41) is 18.5. The fourth-order valence-corrected chi connectivity index (χ4v) is 74.1. The second kappa shape index (κ2) is 29.6. The van der Waals surface area contributed by atoms with E-state index < -0.39 is 87.6 Å². The molecule has 6 fully saturated rings. The molecule has 576 valence electrons. The van der Waals surface area contributed by atoms with Gasteiger partial charge in [-0.3, -0.25) is 0 Å². The van der Waals surface area contributed by atoms with Crippen LogP contribution in [0.5, 0.6) is 0 Å². The number of benzene rings is 16. The molecule has 0 atom stereocenters. The average molecular weight is 1700 g/mol. The van der Waals surface area contributed by atoms with E-state index in [-0.39, 0.29) is 12.1 Å². The van der Waals surface area contributed by atoms with Crippen LogP contribution in [0.15, 0.2) is 352 Å². The summed E-state index contributed by atoms with van der Waals surface area (Å²) >= 11 is 0. The van der Waals surface area contributed by atoms with Gasteiger partial charge in [0.15, 0.2) is 0 Å². The molecule has 0 amide bonds. The topological polar surface area (TPSA) is 148 Å². The first-order valence-electron chi connectivity index (χ1n) is 39.5. The fourth-order valence-electron chi connectivity index (χ4n) is 17.4. The summed E-state index contributed by atoms with van der Waals surface area (Å²) in [5.74, 6) is 0. The van der Waals surface area contributed by atoms with E-state index in [1.807, 2.05) is 243 Å². The van der Waals surface area contributed by atoms with Crippen LogP contribution in [0, 0.1) is 0 Å². The molecular formula is C90H80O16Si10. The highest BCUT2D eigenvalue weighted by molar-refractivity contribution is 7.13. The van der Waals surface area contributed by atoms with E-state index >= 15 is 0 Å². The summed E-state index contributed by atoms with van der Waals surface area (Å²) in [6.07, 6.45) is 0.851. The van der Waals surface area contributed by atoms with Gasteiger partial charge in [-0.05, 0) is 114 Å². The number of hydrogen-bond acceptors (Lipinski definition) is 16. The Labute approximate surface area is 683 Å². The van der Waals surface area contributed by atoms with Gasteiger partial charge in [-0.25, -0.2) is 0 Å². The second-order valence-corrected chi connectivity index (χ2v) is 61.0. The molecule has 116 heavy (non-hydrogen) atoms. The van der Waals surface area contributed by atoms with Crippen LogP contribution in [-0.4, -0.2) is 101 Å². The minimum Gasteiger partial charge on any atom is -0.391 e. The monoisotopic (exact) mass is 1700 g/mol. The lowest BCUT2D eigenvalue weighted by atomic mass is 9.92. The van der Waals surface area contributed by atoms with Gasteiger partial charge in [0.05, 0.1) is 13.2 Å². The van der Waals surface area contributed by atoms with Gasteiger partial charge in [0.2, 0.25) is 0 Å². The van der Waals surface area contributed by atoms with Crippen molar-refractivity contribution in [2.75, 3.05) is 13.2 Å². The predicted molar refractivity (Wildman–Crippen MR) is 472 cm³/mol. The third-order valence-corrected chi connectivity index (χ3v) is 66.3. The summed E-state index contributed by atoms with van der Waals surface area (Å²) in [6, 6.07) is 119. The van der Waals surface area contributed by atoms with Gasteiger partial charge in [0.25, 0.3) is 0 Å². The molecule has 6 aliphatic heterocycles. The zero-order chi connectivity index (χ0) is 77.7. The minimum absolute atomic E-state index is 0.266. The van der Waals surface area contributed by atoms with Gasteiger partial charge in [0, 0.05) is 54.7 Å². The van der Waals surface area contributed by atoms with Crippen LogP contribution in [-0.2, 0) is 80.3 Å². The molecule has 6 saturated heterocycles. The SMILES string of the molecule is C[Si]1(CCCOCc2ccc3ccc4cccc5ccc2c3c45)O[Si]2(c3ccccc3)O[Si]3(c4ccccc4)O[Si]4(c5ccccc5)O[Si](C)(CCCOCc5ccc6ccc7cccc8ccc5c6c78)O[Si]5(c6ccccc6)O[Si](c6ccccc6)(O[Si](c6ccccc6)(O1)O[Si](c1ccccc1)(O5)O[Si](c1ccccc1)(O2)O4)O3. The van der Waals surface area contributed by atoms with Crippen LogP contribution in [0.4, 0.5) is 0 Å². The van der Waals surface area contributed by atoms with Gasteiger partial charge < -0.3 is 67.1 Å². The van der Waals surface area contributed by atoms with E-state index in [1.54, 1.807) is 0 Å². The standard InChI is InChI=1S/C90H80O16Si10/c1-107(65-29-63-91-67-75-57-55-73-53-51-69-31-27-33-71-59-61-85(75)89(73)87(69)71)93-109(77-35-11-3-12-36-77)97-113(81-43-19-7-20-44-81)101-111(79-39-15-5-16-40-79)95-108(2,66-30-64-92-68-76-58-56-74-54-52-70-32-28-34-72-60-62-86(76)90(74)88(70)72)96-112(80-41-17-6-18-42-80)103-115(105-113,83-47-23-9-24-48-83)99-110(94-107,78-37-13-4-14-38-78)100-116(104-112,84-49-25-10-26-50-84)106-114(98-109,102-111)82-45-21-8-22-46-82/h3-28,31-62H,29-30,63-68H2,1-2H3. The van der Waals surface area contributed by atoms with E-state index in [4.69, 9.17) is 67.1 Å². The van der Waals surface area contributed by atoms with Crippen LogP contribution in [0.1, 0.15) is 24.0 Å². The first kappa shape index (κ1) is 74.7. The zero-order valence-corrected chi connectivity index (χ0v) is 73.7. The Morgan fingerprint density at radius 2 is 0.397 bits per heavy atom. The quantitative estimate of drug-likeness (QED) is 0.0404. The van der Waals surface area contributed by atoms with Crippen LogP contribution in [0.2, 0.25) is 25.2 Å². The Hall–Kier alpha value is -8.87. The predicted octanol–water partition coefficient (Wildman–Crippen LogP) is 14.2. The Balaban J connectivity index is 0.805. The first-order chi connectivity index (χ1) is 56.8. The molecule has 0 spiro atoms. The van der Waals surface area contributed by atoms with E-state index in [9.17, 15) is 0 Å². The molecule has 6 aliphatic rings. The molecule has 16 aromatic rings. The highest BCUT2D eigenvalue weighted by atomic mass is 28.6. The second-order valence-electron chi connectivity index (χ2n) is 30.5. The smallest absolute Gasteiger partial charge is 0.391 e. The minimum atomic E-state index is -5.34. The maximum Gasteiger partial charge on any atom is 0.515 e. The number of rotatable bonds is 20.